The Bertz CT molecular complexity index is 786. The van der Waals surface area contributed by atoms with Gasteiger partial charge in [0.25, 0.3) is 5.91 Å². The van der Waals surface area contributed by atoms with E-state index >= 15 is 0 Å². The standard InChI is InChI=1S/C17H21N3O5/c1-3-12-11(15(22)23)9-13(24-12)14(21)19-17(7-5-4-6-8-17)16-18-10(2)25-20-16/h9H,3-8H2,1-2H3,(H,19,21)(H,22,23). The van der Waals surface area contributed by atoms with E-state index in [9.17, 15) is 14.7 Å². The SMILES string of the molecule is CCc1oc(C(=O)NC2(c3noc(C)n3)CCCCC2)cc1C(=O)O. The lowest BCUT2D eigenvalue weighted by Crippen LogP contribution is -2.48. The van der Waals surface area contributed by atoms with E-state index in [1.54, 1.807) is 13.8 Å². The first-order valence-corrected chi connectivity index (χ1v) is 8.44. The summed E-state index contributed by atoms with van der Waals surface area (Å²) in [6, 6.07) is 1.27. The number of aryl methyl sites for hydroxylation is 2. The van der Waals surface area contributed by atoms with Gasteiger partial charge in [-0.1, -0.05) is 31.3 Å². The van der Waals surface area contributed by atoms with Crippen LogP contribution in [0.5, 0.6) is 0 Å². The summed E-state index contributed by atoms with van der Waals surface area (Å²) in [5.41, 5.74) is -0.698. The number of amides is 1. The first-order chi connectivity index (χ1) is 11.9. The first-order valence-electron chi connectivity index (χ1n) is 8.44. The summed E-state index contributed by atoms with van der Waals surface area (Å²) in [4.78, 5) is 28.3. The molecule has 0 radical (unpaired) electrons. The van der Waals surface area contributed by atoms with Crippen molar-refractivity contribution in [1.29, 1.82) is 0 Å². The molecule has 134 valence electrons. The maximum Gasteiger partial charge on any atom is 0.339 e. The number of aromatic carboxylic acids is 1. The summed E-state index contributed by atoms with van der Waals surface area (Å²) in [5.74, 6) is -0.412. The summed E-state index contributed by atoms with van der Waals surface area (Å²) in [5, 5.41) is 16.2. The number of nitrogens with one attached hydrogen (secondary N) is 1. The average Bonchev–Trinajstić information content (AvgIpc) is 3.22. The highest BCUT2D eigenvalue weighted by Crippen LogP contribution is 2.36. The number of hydrogen-bond donors (Lipinski definition) is 2. The van der Waals surface area contributed by atoms with Crippen molar-refractivity contribution in [2.24, 2.45) is 0 Å². The maximum atomic E-state index is 12.7. The van der Waals surface area contributed by atoms with Crippen LogP contribution in [0.15, 0.2) is 15.0 Å². The molecule has 0 aliphatic heterocycles. The van der Waals surface area contributed by atoms with E-state index in [1.807, 2.05) is 0 Å². The lowest BCUT2D eigenvalue weighted by molar-refractivity contribution is 0.0693. The molecule has 0 saturated heterocycles. The first kappa shape index (κ1) is 17.2. The van der Waals surface area contributed by atoms with Crippen molar-refractivity contribution < 1.29 is 23.6 Å². The minimum absolute atomic E-state index is 0.0144. The Hall–Kier alpha value is -2.64. The van der Waals surface area contributed by atoms with Gasteiger partial charge in [0.05, 0.1) is 0 Å². The Morgan fingerprint density at radius 1 is 1.32 bits per heavy atom. The fourth-order valence-electron chi connectivity index (χ4n) is 3.32. The van der Waals surface area contributed by atoms with Crippen LogP contribution in [0.2, 0.25) is 0 Å². The zero-order chi connectivity index (χ0) is 18.0. The largest absolute Gasteiger partial charge is 0.478 e. The normalized spacial score (nSPS) is 16.6. The summed E-state index contributed by atoms with van der Waals surface area (Å²) in [6.45, 7) is 3.48. The van der Waals surface area contributed by atoms with E-state index in [1.165, 1.54) is 6.07 Å². The van der Waals surface area contributed by atoms with Crippen molar-refractivity contribution in [1.82, 2.24) is 15.5 Å². The van der Waals surface area contributed by atoms with Crippen LogP contribution in [0.4, 0.5) is 0 Å². The smallest absolute Gasteiger partial charge is 0.339 e. The molecule has 3 rings (SSSR count). The Balaban J connectivity index is 1.90. The van der Waals surface area contributed by atoms with E-state index in [0.29, 0.717) is 31.0 Å². The van der Waals surface area contributed by atoms with Gasteiger partial charge in [0.15, 0.2) is 11.6 Å². The third-order valence-corrected chi connectivity index (χ3v) is 4.60. The van der Waals surface area contributed by atoms with E-state index in [4.69, 9.17) is 8.94 Å². The molecule has 1 fully saturated rings. The van der Waals surface area contributed by atoms with E-state index in [0.717, 1.165) is 19.3 Å². The van der Waals surface area contributed by atoms with Crippen LogP contribution in [-0.2, 0) is 12.0 Å². The number of rotatable bonds is 5. The monoisotopic (exact) mass is 347 g/mol. The third-order valence-electron chi connectivity index (χ3n) is 4.60. The quantitative estimate of drug-likeness (QED) is 0.853. The van der Waals surface area contributed by atoms with Crippen molar-refractivity contribution in [2.45, 2.75) is 57.9 Å². The van der Waals surface area contributed by atoms with Gasteiger partial charge in [0.2, 0.25) is 5.89 Å². The van der Waals surface area contributed by atoms with Crippen molar-refractivity contribution in [3.05, 3.63) is 34.9 Å². The number of aromatic nitrogens is 2. The van der Waals surface area contributed by atoms with Crippen LogP contribution in [0.25, 0.3) is 0 Å². The predicted octanol–water partition coefficient (Wildman–Crippen LogP) is 2.82. The number of nitrogens with zero attached hydrogens (tertiary/aromatic N) is 2. The Morgan fingerprint density at radius 2 is 2.04 bits per heavy atom. The molecule has 8 heteroatoms. The average molecular weight is 347 g/mol. The molecule has 1 aliphatic rings. The molecule has 1 saturated carbocycles. The highest BCUT2D eigenvalue weighted by atomic mass is 16.5. The minimum atomic E-state index is -1.11. The van der Waals surface area contributed by atoms with Crippen LogP contribution < -0.4 is 5.32 Å². The molecule has 0 bridgehead atoms. The number of carboxylic acids is 1. The van der Waals surface area contributed by atoms with Gasteiger partial charge in [0.1, 0.15) is 16.9 Å². The molecule has 1 amide bonds. The van der Waals surface area contributed by atoms with Gasteiger partial charge < -0.3 is 19.4 Å². The number of carbonyl (C=O) groups excluding carboxylic acids is 1. The lowest BCUT2D eigenvalue weighted by atomic mass is 9.81. The van der Waals surface area contributed by atoms with Crippen LogP contribution in [-0.4, -0.2) is 27.1 Å². The van der Waals surface area contributed by atoms with Gasteiger partial charge in [-0.2, -0.15) is 4.98 Å². The van der Waals surface area contributed by atoms with Gasteiger partial charge in [-0.15, -0.1) is 0 Å². The molecular weight excluding hydrogens is 326 g/mol. The van der Waals surface area contributed by atoms with E-state index < -0.39 is 17.4 Å². The van der Waals surface area contributed by atoms with E-state index in [2.05, 4.69) is 15.5 Å². The number of hydrogen-bond acceptors (Lipinski definition) is 6. The molecule has 0 spiro atoms. The molecule has 0 unspecified atom stereocenters. The molecule has 8 nitrogen and oxygen atoms in total. The Labute approximate surface area is 144 Å². The summed E-state index contributed by atoms with van der Waals surface area (Å²) in [6.07, 6.45) is 4.75. The third kappa shape index (κ3) is 3.29. The van der Waals surface area contributed by atoms with Crippen LogP contribution >= 0.6 is 0 Å². The van der Waals surface area contributed by atoms with Gasteiger partial charge in [-0.05, 0) is 12.8 Å². The molecule has 25 heavy (non-hydrogen) atoms. The summed E-state index contributed by atoms with van der Waals surface area (Å²) < 4.78 is 10.5. The summed E-state index contributed by atoms with van der Waals surface area (Å²) >= 11 is 0. The molecule has 2 aromatic rings. The molecule has 0 aromatic carbocycles. The number of furan rings is 1. The van der Waals surface area contributed by atoms with Crippen molar-refractivity contribution in [3.8, 4) is 0 Å². The fourth-order valence-corrected chi connectivity index (χ4v) is 3.32. The van der Waals surface area contributed by atoms with Crippen LogP contribution in [0.3, 0.4) is 0 Å². The lowest BCUT2D eigenvalue weighted by Gasteiger charge is -2.34. The highest BCUT2D eigenvalue weighted by molar-refractivity contribution is 5.96. The molecule has 2 N–H and O–H groups in total. The van der Waals surface area contributed by atoms with Crippen molar-refractivity contribution in [3.63, 3.8) is 0 Å². The molecule has 0 atom stereocenters. The zero-order valence-electron chi connectivity index (χ0n) is 14.3. The predicted molar refractivity (Wildman–Crippen MR) is 86.3 cm³/mol. The van der Waals surface area contributed by atoms with Crippen molar-refractivity contribution in [2.75, 3.05) is 0 Å². The Morgan fingerprint density at radius 3 is 2.56 bits per heavy atom. The molecule has 1 aliphatic carbocycles. The second-order valence-corrected chi connectivity index (χ2v) is 6.34. The summed E-state index contributed by atoms with van der Waals surface area (Å²) in [7, 11) is 0. The van der Waals surface area contributed by atoms with Crippen molar-refractivity contribution >= 4 is 11.9 Å². The Kier molecular flexibility index (Phi) is 4.61. The maximum absolute atomic E-state index is 12.7. The van der Waals surface area contributed by atoms with Crippen LogP contribution in [0, 0.1) is 6.92 Å². The van der Waals surface area contributed by atoms with Gasteiger partial charge in [0, 0.05) is 19.4 Å². The molecule has 2 heterocycles. The van der Waals surface area contributed by atoms with E-state index in [-0.39, 0.29) is 17.1 Å². The molecular formula is C17H21N3O5. The van der Waals surface area contributed by atoms with Gasteiger partial charge in [-0.25, -0.2) is 4.79 Å². The minimum Gasteiger partial charge on any atom is -0.478 e. The van der Waals surface area contributed by atoms with Crippen LogP contribution in [0.1, 0.15) is 77.4 Å². The highest BCUT2D eigenvalue weighted by Gasteiger charge is 2.40. The zero-order valence-corrected chi connectivity index (χ0v) is 14.3. The number of carbonyl (C=O) groups is 2. The second kappa shape index (κ2) is 6.70. The fraction of sp³-hybridized carbons (Fsp3) is 0.529. The van der Waals surface area contributed by atoms with Gasteiger partial charge >= 0.3 is 5.97 Å². The number of carboxylic acid groups (broad SMARTS) is 1. The molecule has 2 aromatic heterocycles. The van der Waals surface area contributed by atoms with Gasteiger partial charge in [-0.3, -0.25) is 4.79 Å². The second-order valence-electron chi connectivity index (χ2n) is 6.34. The topological polar surface area (TPSA) is 118 Å².